The number of halogens is 1. The highest BCUT2D eigenvalue weighted by Crippen LogP contribution is 2.45. The molecule has 0 spiro atoms. The highest BCUT2D eigenvalue weighted by molar-refractivity contribution is 6.30. The molecule has 116 valence electrons. The van der Waals surface area contributed by atoms with E-state index in [9.17, 15) is 9.90 Å². The van der Waals surface area contributed by atoms with E-state index in [0.29, 0.717) is 5.02 Å². The van der Waals surface area contributed by atoms with Crippen molar-refractivity contribution < 1.29 is 14.6 Å². The van der Waals surface area contributed by atoms with Crippen molar-refractivity contribution in [3.05, 3.63) is 34.9 Å². The number of ether oxygens (including phenoxy) is 1. The van der Waals surface area contributed by atoms with Crippen molar-refractivity contribution in [1.82, 2.24) is 4.90 Å². The molecule has 1 fully saturated rings. The summed E-state index contributed by atoms with van der Waals surface area (Å²) in [6, 6.07) is 7.51. The summed E-state index contributed by atoms with van der Waals surface area (Å²) in [6.45, 7) is 0.508. The number of amides is 1. The third-order valence-electron chi connectivity index (χ3n) is 4.20. The second kappa shape index (κ2) is 6.77. The van der Waals surface area contributed by atoms with Gasteiger partial charge in [0.2, 0.25) is 5.91 Å². The first-order valence-corrected chi connectivity index (χ1v) is 7.56. The molecule has 0 saturated heterocycles. The van der Waals surface area contributed by atoms with Gasteiger partial charge in [-0.25, -0.2) is 0 Å². The largest absolute Gasteiger partial charge is 0.389 e. The fourth-order valence-corrected chi connectivity index (χ4v) is 3.06. The number of rotatable bonds is 6. The third-order valence-corrected chi connectivity index (χ3v) is 4.46. The molecule has 1 aromatic carbocycles. The number of hydrogen-bond acceptors (Lipinski definition) is 3. The Morgan fingerprint density at radius 3 is 2.52 bits per heavy atom. The number of aliphatic hydroxyl groups excluding tert-OH is 1. The van der Waals surface area contributed by atoms with E-state index in [1.165, 1.54) is 7.11 Å². The van der Waals surface area contributed by atoms with Crippen LogP contribution in [-0.4, -0.2) is 49.3 Å². The van der Waals surface area contributed by atoms with Gasteiger partial charge in [-0.05, 0) is 30.5 Å². The van der Waals surface area contributed by atoms with E-state index >= 15 is 0 Å². The Morgan fingerprint density at radius 1 is 1.43 bits per heavy atom. The summed E-state index contributed by atoms with van der Waals surface area (Å²) in [5, 5.41) is 10.5. The van der Waals surface area contributed by atoms with Crippen LogP contribution >= 0.6 is 11.6 Å². The molecule has 21 heavy (non-hydrogen) atoms. The highest BCUT2D eigenvalue weighted by Gasteiger charge is 2.47. The molecule has 2 rings (SSSR count). The second-order valence-corrected chi connectivity index (χ2v) is 6.17. The predicted molar refractivity (Wildman–Crippen MR) is 82.5 cm³/mol. The smallest absolute Gasteiger partial charge is 0.233 e. The van der Waals surface area contributed by atoms with Gasteiger partial charge in [0, 0.05) is 25.7 Å². The van der Waals surface area contributed by atoms with Crippen molar-refractivity contribution in [3.8, 4) is 0 Å². The zero-order chi connectivity index (χ0) is 15.5. The topological polar surface area (TPSA) is 49.8 Å². The molecule has 5 heteroatoms. The number of hydrogen-bond donors (Lipinski definition) is 1. The van der Waals surface area contributed by atoms with Gasteiger partial charge in [-0.1, -0.05) is 30.2 Å². The SMILES string of the molecule is COC[C@@H](O)CN(C)C(=O)C1(c2ccc(Cl)cc2)CCC1. The summed E-state index contributed by atoms with van der Waals surface area (Å²) in [4.78, 5) is 14.4. The van der Waals surface area contributed by atoms with Crippen LogP contribution in [0.15, 0.2) is 24.3 Å². The molecule has 0 aromatic heterocycles. The summed E-state index contributed by atoms with van der Waals surface area (Å²) >= 11 is 5.93. The Hall–Kier alpha value is -1.10. The van der Waals surface area contributed by atoms with Crippen molar-refractivity contribution in [2.24, 2.45) is 0 Å². The lowest BCUT2D eigenvalue weighted by Gasteiger charge is -2.43. The fourth-order valence-electron chi connectivity index (χ4n) is 2.93. The molecule has 0 bridgehead atoms. The molecular formula is C16H22ClNO3. The summed E-state index contributed by atoms with van der Waals surface area (Å²) in [5.74, 6) is 0.0613. The Kier molecular flexibility index (Phi) is 5.25. The maximum atomic E-state index is 12.8. The van der Waals surface area contributed by atoms with Gasteiger partial charge >= 0.3 is 0 Å². The quantitative estimate of drug-likeness (QED) is 0.876. The molecule has 0 radical (unpaired) electrons. The number of nitrogens with zero attached hydrogens (tertiary/aromatic N) is 1. The van der Waals surface area contributed by atoms with Crippen molar-refractivity contribution in [1.29, 1.82) is 0 Å². The molecule has 0 aliphatic heterocycles. The Balaban J connectivity index is 2.12. The first kappa shape index (κ1) is 16.3. The average molecular weight is 312 g/mol. The van der Waals surface area contributed by atoms with Gasteiger partial charge in [0.25, 0.3) is 0 Å². The van der Waals surface area contributed by atoms with E-state index in [4.69, 9.17) is 16.3 Å². The second-order valence-electron chi connectivity index (χ2n) is 5.74. The maximum Gasteiger partial charge on any atom is 0.233 e. The molecule has 4 nitrogen and oxygen atoms in total. The standard InChI is InChI=1S/C16H22ClNO3/c1-18(10-14(19)11-21-2)15(20)16(8-3-9-16)12-4-6-13(17)7-5-12/h4-7,14,19H,3,8-11H2,1-2H3/t14-/m0/s1. The van der Waals surface area contributed by atoms with Gasteiger partial charge in [0.1, 0.15) is 0 Å². The number of likely N-dealkylation sites (N-methyl/N-ethyl adjacent to an activating group) is 1. The van der Waals surface area contributed by atoms with Gasteiger partial charge in [-0.15, -0.1) is 0 Å². The van der Waals surface area contributed by atoms with Gasteiger partial charge in [0.15, 0.2) is 0 Å². The zero-order valence-corrected chi connectivity index (χ0v) is 13.3. The minimum atomic E-state index is -0.661. The van der Waals surface area contributed by atoms with Gasteiger partial charge in [-0.3, -0.25) is 4.79 Å². The van der Waals surface area contributed by atoms with Gasteiger partial charge in [-0.2, -0.15) is 0 Å². The molecule has 1 atom stereocenters. The third kappa shape index (κ3) is 3.39. The van der Waals surface area contributed by atoms with Crippen LogP contribution in [0.2, 0.25) is 5.02 Å². The fraction of sp³-hybridized carbons (Fsp3) is 0.562. The van der Waals surface area contributed by atoms with Crippen LogP contribution in [-0.2, 0) is 14.9 Å². The number of carbonyl (C=O) groups excluding carboxylic acids is 1. The van der Waals surface area contributed by atoms with Crippen molar-refractivity contribution in [2.75, 3.05) is 27.3 Å². The Labute approximate surface area is 130 Å². The molecule has 1 saturated carbocycles. The highest BCUT2D eigenvalue weighted by atomic mass is 35.5. The van der Waals surface area contributed by atoms with Crippen LogP contribution in [0.3, 0.4) is 0 Å². The lowest BCUT2D eigenvalue weighted by Crippen LogP contribution is -2.51. The summed E-state index contributed by atoms with van der Waals surface area (Å²) in [7, 11) is 3.27. The van der Waals surface area contributed by atoms with Crippen LogP contribution < -0.4 is 0 Å². The predicted octanol–water partition coefficient (Wildman–Crippen LogP) is 2.23. The first-order chi connectivity index (χ1) is 9.99. The molecule has 0 unspecified atom stereocenters. The van der Waals surface area contributed by atoms with Crippen molar-refractivity contribution >= 4 is 17.5 Å². The number of methoxy groups -OCH3 is 1. The average Bonchev–Trinajstić information content (AvgIpc) is 2.39. The minimum Gasteiger partial charge on any atom is -0.389 e. The minimum absolute atomic E-state index is 0.0613. The zero-order valence-electron chi connectivity index (χ0n) is 12.5. The lowest BCUT2D eigenvalue weighted by molar-refractivity contribution is -0.141. The van der Waals surface area contributed by atoms with E-state index in [1.54, 1.807) is 11.9 Å². The molecule has 0 heterocycles. The number of aliphatic hydroxyl groups is 1. The maximum absolute atomic E-state index is 12.8. The monoisotopic (exact) mass is 311 g/mol. The summed E-state index contributed by atoms with van der Waals surface area (Å²) < 4.78 is 4.91. The van der Waals surface area contributed by atoms with Crippen molar-refractivity contribution in [2.45, 2.75) is 30.8 Å². The van der Waals surface area contributed by atoms with Gasteiger partial charge < -0.3 is 14.7 Å². The Bertz CT molecular complexity index is 485. The number of benzene rings is 1. The van der Waals surface area contributed by atoms with Crippen molar-refractivity contribution in [3.63, 3.8) is 0 Å². The number of carbonyl (C=O) groups is 1. The molecule has 1 amide bonds. The molecular weight excluding hydrogens is 290 g/mol. The molecule has 1 aliphatic carbocycles. The van der Waals surface area contributed by atoms with E-state index in [0.717, 1.165) is 24.8 Å². The molecule has 1 aromatic rings. The van der Waals surface area contributed by atoms with Crippen LogP contribution in [0.5, 0.6) is 0 Å². The van der Waals surface area contributed by atoms with Gasteiger partial charge in [0.05, 0.1) is 18.1 Å². The Morgan fingerprint density at radius 2 is 2.05 bits per heavy atom. The summed E-state index contributed by atoms with van der Waals surface area (Å²) in [5.41, 5.74) is 0.558. The summed E-state index contributed by atoms with van der Waals surface area (Å²) in [6.07, 6.45) is 2.07. The normalized spacial score (nSPS) is 17.9. The van der Waals surface area contributed by atoms with Crippen LogP contribution in [0, 0.1) is 0 Å². The molecule has 1 N–H and O–H groups in total. The van der Waals surface area contributed by atoms with E-state index in [1.807, 2.05) is 24.3 Å². The van der Waals surface area contributed by atoms with E-state index in [2.05, 4.69) is 0 Å². The lowest BCUT2D eigenvalue weighted by atomic mass is 9.63. The van der Waals surface area contributed by atoms with E-state index in [-0.39, 0.29) is 19.1 Å². The van der Waals surface area contributed by atoms with Crippen LogP contribution in [0.4, 0.5) is 0 Å². The first-order valence-electron chi connectivity index (χ1n) is 7.18. The van der Waals surface area contributed by atoms with Crippen LogP contribution in [0.25, 0.3) is 0 Å². The van der Waals surface area contributed by atoms with E-state index < -0.39 is 11.5 Å². The van der Waals surface area contributed by atoms with Crippen LogP contribution in [0.1, 0.15) is 24.8 Å². The molecule has 1 aliphatic rings.